The standard InChI is InChI=1S/C7H7N.C5H7NO2/c1-2-6-4-7(3-1)8-5-6;6-4-2-1-3-5(7)8/h1-4,8H,5H2;1-3H2,(H,7,8). The summed E-state index contributed by atoms with van der Waals surface area (Å²) < 4.78 is 0. The topological polar surface area (TPSA) is 73.1 Å². The van der Waals surface area contributed by atoms with Crippen LogP contribution in [0.15, 0.2) is 24.3 Å². The highest BCUT2D eigenvalue weighted by Crippen LogP contribution is 2.17. The molecule has 4 heteroatoms. The van der Waals surface area contributed by atoms with Crippen molar-refractivity contribution in [2.24, 2.45) is 0 Å². The average molecular weight is 218 g/mol. The molecular formula is C12H14N2O2. The maximum Gasteiger partial charge on any atom is 0.303 e. The molecule has 0 aliphatic carbocycles. The molecule has 0 saturated heterocycles. The van der Waals surface area contributed by atoms with E-state index in [-0.39, 0.29) is 6.42 Å². The van der Waals surface area contributed by atoms with Crippen molar-refractivity contribution in [1.29, 1.82) is 5.26 Å². The first-order valence-electron chi connectivity index (χ1n) is 5.14. The Balaban J connectivity index is 0.000000160. The van der Waals surface area contributed by atoms with Crippen LogP contribution in [0.1, 0.15) is 24.8 Å². The number of benzene rings is 1. The number of nitriles is 1. The van der Waals surface area contributed by atoms with Crippen molar-refractivity contribution in [3.8, 4) is 6.07 Å². The molecule has 0 aromatic heterocycles. The summed E-state index contributed by atoms with van der Waals surface area (Å²) in [5.74, 6) is -0.833. The van der Waals surface area contributed by atoms with E-state index in [1.807, 2.05) is 6.07 Å². The highest BCUT2D eigenvalue weighted by Gasteiger charge is 2.01. The minimum absolute atomic E-state index is 0.105. The first-order valence-corrected chi connectivity index (χ1v) is 5.14. The van der Waals surface area contributed by atoms with Gasteiger partial charge in [-0.25, -0.2) is 0 Å². The molecule has 0 atom stereocenters. The number of carboxylic acids is 1. The van der Waals surface area contributed by atoms with E-state index in [2.05, 4.69) is 29.6 Å². The van der Waals surface area contributed by atoms with Gasteiger partial charge in [-0.3, -0.25) is 4.79 Å². The summed E-state index contributed by atoms with van der Waals surface area (Å²) in [6.07, 6.45) is 0.908. The molecule has 0 saturated carbocycles. The second-order valence-electron chi connectivity index (χ2n) is 3.46. The highest BCUT2D eigenvalue weighted by atomic mass is 16.4. The minimum atomic E-state index is -0.833. The Bertz CT molecular complexity index is 377. The maximum atomic E-state index is 9.76. The van der Waals surface area contributed by atoms with Crippen LogP contribution in [0.2, 0.25) is 0 Å². The van der Waals surface area contributed by atoms with Gasteiger partial charge >= 0.3 is 5.97 Å². The summed E-state index contributed by atoms with van der Waals surface area (Å²) in [4.78, 5) is 9.76. The van der Waals surface area contributed by atoms with E-state index >= 15 is 0 Å². The van der Waals surface area contributed by atoms with Gasteiger partial charge in [-0.2, -0.15) is 5.26 Å². The monoisotopic (exact) mass is 218 g/mol. The van der Waals surface area contributed by atoms with E-state index in [1.165, 1.54) is 11.3 Å². The largest absolute Gasteiger partial charge is 0.481 e. The average Bonchev–Trinajstić information content (AvgIpc) is 2.59. The summed E-state index contributed by atoms with van der Waals surface area (Å²) >= 11 is 0. The van der Waals surface area contributed by atoms with Crippen LogP contribution < -0.4 is 5.32 Å². The van der Waals surface area contributed by atoms with Gasteiger partial charge in [0.2, 0.25) is 0 Å². The molecule has 0 spiro atoms. The van der Waals surface area contributed by atoms with Gasteiger partial charge in [0.1, 0.15) is 0 Å². The van der Waals surface area contributed by atoms with Gasteiger partial charge in [-0.05, 0) is 24.1 Å². The first-order chi connectivity index (χ1) is 7.72. The molecule has 0 amide bonds. The number of fused-ring (bicyclic) bond motifs is 2. The van der Waals surface area contributed by atoms with Crippen molar-refractivity contribution in [2.75, 3.05) is 5.32 Å². The van der Waals surface area contributed by atoms with Crippen molar-refractivity contribution in [3.63, 3.8) is 0 Å². The number of rotatable bonds is 3. The summed E-state index contributed by atoms with van der Waals surface area (Å²) in [5.41, 5.74) is 2.64. The van der Waals surface area contributed by atoms with Gasteiger partial charge in [-0.15, -0.1) is 0 Å². The summed E-state index contributed by atoms with van der Waals surface area (Å²) in [5, 5.41) is 19.2. The van der Waals surface area contributed by atoms with E-state index < -0.39 is 5.97 Å². The van der Waals surface area contributed by atoms with Gasteiger partial charge in [0.05, 0.1) is 6.07 Å². The highest BCUT2D eigenvalue weighted by molar-refractivity contribution is 5.66. The SMILES string of the molecule is N#CCCCC(=O)O.c1cc2cc(c1)NC2. The third-order valence-corrected chi connectivity index (χ3v) is 2.10. The second-order valence-corrected chi connectivity index (χ2v) is 3.46. The van der Waals surface area contributed by atoms with Crippen LogP contribution in [0.25, 0.3) is 0 Å². The first kappa shape index (κ1) is 12.1. The van der Waals surface area contributed by atoms with Gasteiger partial charge in [0.15, 0.2) is 0 Å². The van der Waals surface area contributed by atoms with Crippen molar-refractivity contribution in [2.45, 2.75) is 25.8 Å². The number of carbonyl (C=O) groups is 1. The third-order valence-electron chi connectivity index (χ3n) is 2.10. The normalized spacial score (nSPS) is 10.7. The van der Waals surface area contributed by atoms with E-state index in [0.717, 1.165) is 6.54 Å². The molecule has 84 valence electrons. The number of hydrogen-bond donors (Lipinski definition) is 2. The second kappa shape index (κ2) is 6.46. The molecule has 0 unspecified atom stereocenters. The molecule has 16 heavy (non-hydrogen) atoms. The molecule has 4 nitrogen and oxygen atoms in total. The molecule has 0 radical (unpaired) electrons. The number of aliphatic carboxylic acids is 1. The summed E-state index contributed by atoms with van der Waals surface area (Å²) in [7, 11) is 0. The number of anilines is 1. The number of nitrogens with one attached hydrogen (secondary N) is 1. The van der Waals surface area contributed by atoms with Crippen molar-refractivity contribution >= 4 is 11.7 Å². The van der Waals surface area contributed by atoms with E-state index in [4.69, 9.17) is 10.4 Å². The van der Waals surface area contributed by atoms with Crippen molar-refractivity contribution in [1.82, 2.24) is 0 Å². The molecule has 2 bridgehead atoms. The van der Waals surface area contributed by atoms with Crippen molar-refractivity contribution in [3.05, 3.63) is 29.8 Å². The smallest absolute Gasteiger partial charge is 0.303 e. The van der Waals surface area contributed by atoms with Gasteiger partial charge in [0, 0.05) is 25.1 Å². The molecule has 1 aromatic rings. The van der Waals surface area contributed by atoms with Crippen LogP contribution >= 0.6 is 0 Å². The Morgan fingerprint density at radius 3 is 2.94 bits per heavy atom. The lowest BCUT2D eigenvalue weighted by molar-refractivity contribution is -0.137. The van der Waals surface area contributed by atoms with E-state index in [9.17, 15) is 4.79 Å². The molecule has 1 aliphatic rings. The summed E-state index contributed by atoms with van der Waals surface area (Å²) in [6.45, 7) is 1.02. The Kier molecular flexibility index (Phi) is 4.87. The van der Waals surface area contributed by atoms with Gasteiger partial charge < -0.3 is 10.4 Å². The lowest BCUT2D eigenvalue weighted by Crippen LogP contribution is -1.92. The molecule has 0 fully saturated rings. The zero-order valence-corrected chi connectivity index (χ0v) is 8.94. The Labute approximate surface area is 94.5 Å². The Morgan fingerprint density at radius 1 is 1.56 bits per heavy atom. The fourth-order valence-electron chi connectivity index (χ4n) is 1.31. The fraction of sp³-hybridized carbons (Fsp3) is 0.333. The van der Waals surface area contributed by atoms with Crippen LogP contribution in [0.4, 0.5) is 5.69 Å². The molecular weight excluding hydrogens is 204 g/mol. The minimum Gasteiger partial charge on any atom is -0.481 e. The zero-order chi connectivity index (χ0) is 11.8. The van der Waals surface area contributed by atoms with Crippen LogP contribution in [-0.2, 0) is 11.3 Å². The lowest BCUT2D eigenvalue weighted by atomic mass is 10.2. The van der Waals surface area contributed by atoms with Gasteiger partial charge in [-0.1, -0.05) is 12.1 Å². The zero-order valence-electron chi connectivity index (χ0n) is 8.94. The molecule has 2 N–H and O–H groups in total. The number of carboxylic acid groups (broad SMARTS) is 1. The summed E-state index contributed by atoms with van der Waals surface area (Å²) in [6, 6.07) is 10.3. The van der Waals surface area contributed by atoms with Crippen LogP contribution in [0.3, 0.4) is 0 Å². The van der Waals surface area contributed by atoms with Gasteiger partial charge in [0.25, 0.3) is 0 Å². The predicted octanol–water partition coefficient (Wildman–Crippen LogP) is 2.38. The maximum absolute atomic E-state index is 9.76. The van der Waals surface area contributed by atoms with Crippen LogP contribution in [-0.4, -0.2) is 11.1 Å². The quantitative estimate of drug-likeness (QED) is 0.764. The molecule has 2 rings (SSSR count). The fourth-order valence-corrected chi connectivity index (χ4v) is 1.31. The van der Waals surface area contributed by atoms with E-state index in [0.29, 0.717) is 12.8 Å². The van der Waals surface area contributed by atoms with E-state index in [1.54, 1.807) is 0 Å². The Hall–Kier alpha value is -2.02. The van der Waals surface area contributed by atoms with Crippen molar-refractivity contribution < 1.29 is 9.90 Å². The molecule has 1 aliphatic heterocycles. The molecule has 1 aromatic carbocycles. The van der Waals surface area contributed by atoms with Crippen LogP contribution in [0.5, 0.6) is 0 Å². The third kappa shape index (κ3) is 4.47. The predicted molar refractivity (Wildman–Crippen MR) is 60.9 cm³/mol. The number of unbranched alkanes of at least 4 members (excludes halogenated alkanes) is 1. The molecule has 1 heterocycles. The number of nitrogens with zero attached hydrogens (tertiary/aromatic N) is 1. The Morgan fingerprint density at radius 2 is 2.38 bits per heavy atom. The lowest BCUT2D eigenvalue weighted by Gasteiger charge is -1.87. The number of hydrogen-bond acceptors (Lipinski definition) is 3. The van der Waals surface area contributed by atoms with Crippen LogP contribution in [0, 0.1) is 11.3 Å².